The van der Waals surface area contributed by atoms with Crippen molar-refractivity contribution in [2.24, 2.45) is 0 Å². The second kappa shape index (κ2) is 11.6. The van der Waals surface area contributed by atoms with Crippen molar-refractivity contribution in [2.75, 3.05) is 0 Å². The van der Waals surface area contributed by atoms with Gasteiger partial charge in [0, 0.05) is 15.6 Å². The summed E-state index contributed by atoms with van der Waals surface area (Å²) in [4.78, 5) is 13.0. The number of hydrogen-bond donors (Lipinski definition) is 0. The second-order valence-corrected chi connectivity index (χ2v) is 10.9. The van der Waals surface area contributed by atoms with E-state index in [2.05, 4.69) is 0 Å². The summed E-state index contributed by atoms with van der Waals surface area (Å²) in [7, 11) is -4.00. The molecule has 0 amide bonds. The van der Waals surface area contributed by atoms with Crippen LogP contribution in [0.3, 0.4) is 0 Å². The number of carbonyl (C=O) groups is 1. The van der Waals surface area contributed by atoms with E-state index in [9.17, 15) is 13.2 Å². The van der Waals surface area contributed by atoms with E-state index in [0.717, 1.165) is 5.56 Å². The number of sulfone groups is 1. The minimum Gasteiger partial charge on any atom is -0.489 e. The first kappa shape index (κ1) is 25.7. The van der Waals surface area contributed by atoms with Crippen LogP contribution in [0.2, 0.25) is 10.0 Å². The molecule has 0 atom stereocenters. The third-order valence-corrected chi connectivity index (χ3v) is 7.55. The highest BCUT2D eigenvalue weighted by atomic mass is 35.5. The van der Waals surface area contributed by atoms with E-state index in [0.29, 0.717) is 33.5 Å². The van der Waals surface area contributed by atoms with Crippen LogP contribution in [0.25, 0.3) is 6.08 Å². The maximum Gasteiger partial charge on any atom is 0.204 e. The van der Waals surface area contributed by atoms with Crippen molar-refractivity contribution in [3.05, 3.63) is 140 Å². The van der Waals surface area contributed by atoms with Gasteiger partial charge in [0.25, 0.3) is 0 Å². The van der Waals surface area contributed by atoms with Gasteiger partial charge in [0.15, 0.2) is 9.84 Å². The third kappa shape index (κ3) is 6.85. The molecule has 0 aromatic heterocycles. The van der Waals surface area contributed by atoms with Gasteiger partial charge < -0.3 is 4.74 Å². The molecule has 0 bridgehead atoms. The first-order chi connectivity index (χ1) is 17.3. The first-order valence-electron chi connectivity index (χ1n) is 11.1. The Balaban J connectivity index is 1.63. The van der Waals surface area contributed by atoms with Crippen molar-refractivity contribution in [1.29, 1.82) is 0 Å². The zero-order valence-electron chi connectivity index (χ0n) is 19.1. The van der Waals surface area contributed by atoms with Gasteiger partial charge in [-0.3, -0.25) is 4.79 Å². The lowest BCUT2D eigenvalue weighted by Gasteiger charge is -2.11. The average Bonchev–Trinajstić information content (AvgIpc) is 2.88. The lowest BCUT2D eigenvalue weighted by molar-refractivity contribution is 0.104. The van der Waals surface area contributed by atoms with E-state index in [4.69, 9.17) is 27.9 Å². The molecule has 0 saturated heterocycles. The quantitative estimate of drug-likeness (QED) is 0.165. The van der Waals surface area contributed by atoms with Gasteiger partial charge in [-0.2, -0.15) is 0 Å². The summed E-state index contributed by atoms with van der Waals surface area (Å²) in [6.07, 6.45) is 1.39. The molecule has 0 heterocycles. The van der Waals surface area contributed by atoms with Crippen LogP contribution in [-0.2, 0) is 22.2 Å². The number of ether oxygens (including phenoxy) is 1. The van der Waals surface area contributed by atoms with Gasteiger partial charge in [-0.25, -0.2) is 8.42 Å². The molecule has 182 valence electrons. The monoisotopic (exact) mass is 536 g/mol. The van der Waals surface area contributed by atoms with Crippen LogP contribution in [0, 0.1) is 0 Å². The normalized spacial score (nSPS) is 11.8. The van der Waals surface area contributed by atoms with Crippen molar-refractivity contribution in [3.63, 3.8) is 0 Å². The summed E-state index contributed by atoms with van der Waals surface area (Å²) < 4.78 is 32.7. The molecule has 4 nitrogen and oxygen atoms in total. The topological polar surface area (TPSA) is 60.4 Å². The Kier molecular flexibility index (Phi) is 8.26. The molecule has 0 spiro atoms. The Morgan fingerprint density at radius 3 is 1.92 bits per heavy atom. The molecule has 0 radical (unpaired) electrons. The lowest BCUT2D eigenvalue weighted by Crippen LogP contribution is -2.16. The van der Waals surface area contributed by atoms with E-state index in [1.54, 1.807) is 60.7 Å². The summed E-state index contributed by atoms with van der Waals surface area (Å²) in [6, 6.07) is 29.3. The van der Waals surface area contributed by atoms with Crippen LogP contribution in [-0.4, -0.2) is 14.2 Å². The highest BCUT2D eigenvalue weighted by Gasteiger charge is 2.26. The number of benzene rings is 4. The molecule has 0 N–H and O–H groups in total. The van der Waals surface area contributed by atoms with Crippen LogP contribution in [0.1, 0.15) is 27.0 Å². The van der Waals surface area contributed by atoms with Crippen molar-refractivity contribution in [3.8, 4) is 5.75 Å². The Morgan fingerprint density at radius 2 is 1.31 bits per heavy atom. The zero-order chi connectivity index (χ0) is 25.5. The molecule has 0 unspecified atom stereocenters. The van der Waals surface area contributed by atoms with Crippen LogP contribution in [0.4, 0.5) is 0 Å². The minimum atomic E-state index is -4.00. The fourth-order valence-electron chi connectivity index (χ4n) is 3.47. The minimum absolute atomic E-state index is 0.230. The Morgan fingerprint density at radius 1 is 0.722 bits per heavy atom. The Bertz CT molecular complexity index is 1460. The smallest absolute Gasteiger partial charge is 0.204 e. The average molecular weight is 537 g/mol. The van der Waals surface area contributed by atoms with E-state index in [1.807, 2.05) is 30.3 Å². The summed E-state index contributed by atoms with van der Waals surface area (Å²) >= 11 is 11.9. The van der Waals surface area contributed by atoms with Crippen molar-refractivity contribution in [2.45, 2.75) is 12.4 Å². The van der Waals surface area contributed by atoms with Crippen LogP contribution < -0.4 is 4.74 Å². The fourth-order valence-corrected chi connectivity index (χ4v) is 5.23. The van der Waals surface area contributed by atoms with Gasteiger partial charge in [-0.15, -0.1) is 0 Å². The molecule has 7 heteroatoms. The maximum atomic E-state index is 13.4. The lowest BCUT2D eigenvalue weighted by atomic mass is 10.1. The molecule has 4 rings (SSSR count). The molecule has 0 saturated carbocycles. The highest BCUT2D eigenvalue weighted by molar-refractivity contribution is 7.95. The van der Waals surface area contributed by atoms with Crippen LogP contribution in [0.5, 0.6) is 5.75 Å². The van der Waals surface area contributed by atoms with E-state index in [-0.39, 0.29) is 16.2 Å². The zero-order valence-corrected chi connectivity index (χ0v) is 21.4. The molecular weight excluding hydrogens is 515 g/mol. The number of carbonyl (C=O) groups excluding carboxylic acids is 1. The van der Waals surface area contributed by atoms with E-state index in [1.165, 1.54) is 18.2 Å². The van der Waals surface area contributed by atoms with Gasteiger partial charge in [-0.05, 0) is 71.3 Å². The SMILES string of the molecule is O=C(/C(=C\c1ccc(OCc2ccccc2)cc1)S(=O)(=O)Cc1ccc(Cl)cc1)c1ccc(Cl)cc1. The largest absolute Gasteiger partial charge is 0.489 e. The number of rotatable bonds is 9. The standard InChI is InChI=1S/C29H22Cl2O4S/c30-25-12-6-23(7-13-25)20-36(33,34)28(29(32)24-10-14-26(31)15-11-24)18-21-8-16-27(17-9-21)35-19-22-4-2-1-3-5-22/h1-18H,19-20H2/b28-18+. The summed E-state index contributed by atoms with van der Waals surface area (Å²) in [5.41, 5.74) is 2.34. The Hall–Kier alpha value is -3.38. The summed E-state index contributed by atoms with van der Waals surface area (Å²) in [5, 5.41) is 0.950. The van der Waals surface area contributed by atoms with Gasteiger partial charge in [-0.1, -0.05) is 77.8 Å². The van der Waals surface area contributed by atoms with Crippen LogP contribution in [0.15, 0.2) is 108 Å². The first-order valence-corrected chi connectivity index (χ1v) is 13.5. The maximum absolute atomic E-state index is 13.4. The Labute approximate surface area is 220 Å². The fraction of sp³-hybridized carbons (Fsp3) is 0.0690. The molecule has 4 aromatic rings. The van der Waals surface area contributed by atoms with Gasteiger partial charge in [0.05, 0.1) is 5.75 Å². The van der Waals surface area contributed by atoms with Gasteiger partial charge in [0.2, 0.25) is 5.78 Å². The number of Topliss-reactive ketones (excluding diaryl/α,β-unsaturated/α-hetero) is 1. The number of allylic oxidation sites excluding steroid dienone is 1. The predicted octanol–water partition coefficient (Wildman–Crippen LogP) is 7.41. The predicted molar refractivity (Wildman–Crippen MR) is 145 cm³/mol. The summed E-state index contributed by atoms with van der Waals surface area (Å²) in [6.45, 7) is 0.409. The molecule has 36 heavy (non-hydrogen) atoms. The molecule has 0 aliphatic heterocycles. The number of hydrogen-bond acceptors (Lipinski definition) is 4. The molecule has 0 aliphatic rings. The van der Waals surface area contributed by atoms with Crippen molar-refractivity contribution < 1.29 is 17.9 Å². The van der Waals surface area contributed by atoms with E-state index >= 15 is 0 Å². The van der Waals surface area contributed by atoms with Crippen molar-refractivity contribution >= 4 is 44.9 Å². The van der Waals surface area contributed by atoms with E-state index < -0.39 is 15.6 Å². The third-order valence-electron chi connectivity index (χ3n) is 5.36. The molecule has 0 fully saturated rings. The number of ketones is 1. The molecular formula is C29H22Cl2O4S. The van der Waals surface area contributed by atoms with Gasteiger partial charge in [0.1, 0.15) is 17.3 Å². The van der Waals surface area contributed by atoms with Gasteiger partial charge >= 0.3 is 0 Å². The summed E-state index contributed by atoms with van der Waals surface area (Å²) in [5.74, 6) is -0.316. The number of halogens is 2. The second-order valence-electron chi connectivity index (χ2n) is 8.07. The molecule has 4 aromatic carbocycles. The van der Waals surface area contributed by atoms with Crippen LogP contribution >= 0.6 is 23.2 Å². The molecule has 0 aliphatic carbocycles. The van der Waals surface area contributed by atoms with Crippen molar-refractivity contribution in [1.82, 2.24) is 0 Å². The highest BCUT2D eigenvalue weighted by Crippen LogP contribution is 2.25.